The number of rotatable bonds is 4. The molecule has 0 saturated carbocycles. The molecule has 0 aliphatic carbocycles. The SMILES string of the molecule is O=C(NC1CCN(Cc2ccccc2)C1)C1CCCNC1. The second-order valence-corrected chi connectivity index (χ2v) is 6.26. The Labute approximate surface area is 126 Å². The van der Waals surface area contributed by atoms with Gasteiger partial charge in [0.05, 0.1) is 5.92 Å². The molecule has 2 N–H and O–H groups in total. The largest absolute Gasteiger partial charge is 0.352 e. The van der Waals surface area contributed by atoms with E-state index in [4.69, 9.17) is 0 Å². The lowest BCUT2D eigenvalue weighted by molar-refractivity contribution is -0.126. The third kappa shape index (κ3) is 4.05. The number of nitrogens with one attached hydrogen (secondary N) is 2. The van der Waals surface area contributed by atoms with Crippen molar-refractivity contribution in [2.75, 3.05) is 26.2 Å². The average molecular weight is 287 g/mol. The fourth-order valence-electron chi connectivity index (χ4n) is 3.33. The van der Waals surface area contributed by atoms with E-state index in [1.54, 1.807) is 0 Å². The van der Waals surface area contributed by atoms with Crippen LogP contribution >= 0.6 is 0 Å². The Balaban J connectivity index is 1.45. The van der Waals surface area contributed by atoms with Crippen LogP contribution in [0, 0.1) is 5.92 Å². The molecule has 21 heavy (non-hydrogen) atoms. The van der Waals surface area contributed by atoms with Crippen LogP contribution in [-0.2, 0) is 11.3 Å². The van der Waals surface area contributed by atoms with Gasteiger partial charge in [0.25, 0.3) is 0 Å². The van der Waals surface area contributed by atoms with Gasteiger partial charge in [-0.15, -0.1) is 0 Å². The second kappa shape index (κ2) is 7.05. The van der Waals surface area contributed by atoms with Crippen molar-refractivity contribution in [2.24, 2.45) is 5.92 Å². The molecule has 0 spiro atoms. The van der Waals surface area contributed by atoms with Gasteiger partial charge in [-0.05, 0) is 31.4 Å². The molecule has 114 valence electrons. The summed E-state index contributed by atoms with van der Waals surface area (Å²) in [5.41, 5.74) is 1.35. The van der Waals surface area contributed by atoms with Crippen LogP contribution in [0.5, 0.6) is 0 Å². The first kappa shape index (κ1) is 14.5. The number of amides is 1. The standard InChI is InChI=1S/C17H25N3O/c21-17(15-7-4-9-18-11-15)19-16-8-10-20(13-16)12-14-5-2-1-3-6-14/h1-3,5-6,15-16,18H,4,7-13H2,(H,19,21). The first-order valence-corrected chi connectivity index (χ1v) is 8.08. The zero-order valence-corrected chi connectivity index (χ0v) is 12.6. The highest BCUT2D eigenvalue weighted by Crippen LogP contribution is 2.15. The smallest absolute Gasteiger partial charge is 0.224 e. The minimum absolute atomic E-state index is 0.168. The summed E-state index contributed by atoms with van der Waals surface area (Å²) in [6.45, 7) is 4.92. The highest BCUT2D eigenvalue weighted by molar-refractivity contribution is 5.79. The second-order valence-electron chi connectivity index (χ2n) is 6.26. The molecule has 2 unspecified atom stereocenters. The van der Waals surface area contributed by atoms with Crippen LogP contribution in [0.3, 0.4) is 0 Å². The minimum atomic E-state index is 0.168. The molecule has 2 atom stereocenters. The lowest BCUT2D eigenvalue weighted by Gasteiger charge is -2.24. The Morgan fingerprint density at radius 3 is 2.90 bits per heavy atom. The quantitative estimate of drug-likeness (QED) is 0.879. The summed E-state index contributed by atoms with van der Waals surface area (Å²) in [4.78, 5) is 14.7. The van der Waals surface area contributed by atoms with Gasteiger partial charge in [-0.25, -0.2) is 0 Å². The Kier molecular flexibility index (Phi) is 4.88. The van der Waals surface area contributed by atoms with Gasteiger partial charge in [0.1, 0.15) is 0 Å². The van der Waals surface area contributed by atoms with Crippen LogP contribution in [0.4, 0.5) is 0 Å². The number of carbonyl (C=O) groups excluding carboxylic acids is 1. The summed E-state index contributed by atoms with van der Waals surface area (Å²) >= 11 is 0. The molecule has 0 bridgehead atoms. The van der Waals surface area contributed by atoms with Crippen molar-refractivity contribution in [3.8, 4) is 0 Å². The maximum atomic E-state index is 12.2. The molecule has 2 aliphatic rings. The van der Waals surface area contributed by atoms with Gasteiger partial charge < -0.3 is 10.6 Å². The number of benzene rings is 1. The molecular formula is C17H25N3O. The molecule has 1 amide bonds. The molecule has 3 rings (SSSR count). The van der Waals surface area contributed by atoms with Crippen molar-refractivity contribution in [1.29, 1.82) is 0 Å². The van der Waals surface area contributed by atoms with Gasteiger partial charge >= 0.3 is 0 Å². The third-order valence-electron chi connectivity index (χ3n) is 4.54. The Bertz CT molecular complexity index is 456. The summed E-state index contributed by atoms with van der Waals surface area (Å²) in [6, 6.07) is 10.9. The summed E-state index contributed by atoms with van der Waals surface area (Å²) in [6.07, 6.45) is 3.21. The Hall–Kier alpha value is -1.39. The van der Waals surface area contributed by atoms with E-state index in [1.165, 1.54) is 5.56 Å². The summed E-state index contributed by atoms with van der Waals surface area (Å²) < 4.78 is 0. The average Bonchev–Trinajstić information content (AvgIpc) is 2.96. The highest BCUT2D eigenvalue weighted by atomic mass is 16.2. The predicted molar refractivity (Wildman–Crippen MR) is 83.9 cm³/mol. The molecule has 2 heterocycles. The fourth-order valence-corrected chi connectivity index (χ4v) is 3.33. The molecule has 0 aromatic heterocycles. The molecule has 1 aromatic rings. The fraction of sp³-hybridized carbons (Fsp3) is 0.588. The maximum absolute atomic E-state index is 12.2. The maximum Gasteiger partial charge on any atom is 0.224 e. The lowest BCUT2D eigenvalue weighted by Crippen LogP contribution is -2.45. The van der Waals surface area contributed by atoms with Crippen molar-refractivity contribution in [3.63, 3.8) is 0 Å². The highest BCUT2D eigenvalue weighted by Gasteiger charge is 2.27. The van der Waals surface area contributed by atoms with E-state index >= 15 is 0 Å². The number of hydrogen-bond donors (Lipinski definition) is 2. The number of nitrogens with zero attached hydrogens (tertiary/aromatic N) is 1. The van der Waals surface area contributed by atoms with Crippen LogP contribution < -0.4 is 10.6 Å². The van der Waals surface area contributed by atoms with Gasteiger partial charge in [-0.2, -0.15) is 0 Å². The number of likely N-dealkylation sites (tertiary alicyclic amines) is 1. The number of carbonyl (C=O) groups is 1. The van der Waals surface area contributed by atoms with Crippen LogP contribution in [0.25, 0.3) is 0 Å². The molecular weight excluding hydrogens is 262 g/mol. The molecule has 2 aliphatic heterocycles. The topological polar surface area (TPSA) is 44.4 Å². The van der Waals surface area contributed by atoms with Crippen molar-refractivity contribution >= 4 is 5.91 Å². The Morgan fingerprint density at radius 2 is 2.14 bits per heavy atom. The molecule has 4 heteroatoms. The summed E-state index contributed by atoms with van der Waals surface area (Å²) in [5, 5.41) is 6.55. The van der Waals surface area contributed by atoms with Crippen LogP contribution in [0.15, 0.2) is 30.3 Å². The van der Waals surface area contributed by atoms with E-state index < -0.39 is 0 Å². The first-order valence-electron chi connectivity index (χ1n) is 8.08. The van der Waals surface area contributed by atoms with E-state index in [-0.39, 0.29) is 11.8 Å². The van der Waals surface area contributed by atoms with Gasteiger partial charge in [0, 0.05) is 32.2 Å². The van der Waals surface area contributed by atoms with Crippen LogP contribution in [0.1, 0.15) is 24.8 Å². The molecule has 1 aromatic carbocycles. The van der Waals surface area contributed by atoms with E-state index in [9.17, 15) is 4.79 Å². The molecule has 0 radical (unpaired) electrons. The lowest BCUT2D eigenvalue weighted by atomic mass is 9.98. The normalized spacial score (nSPS) is 26.7. The third-order valence-corrected chi connectivity index (χ3v) is 4.54. The van der Waals surface area contributed by atoms with Gasteiger partial charge in [0.15, 0.2) is 0 Å². The molecule has 2 saturated heterocycles. The summed E-state index contributed by atoms with van der Waals surface area (Å²) in [5.74, 6) is 0.413. The number of hydrogen-bond acceptors (Lipinski definition) is 3. The Morgan fingerprint density at radius 1 is 1.29 bits per heavy atom. The van der Waals surface area contributed by atoms with Gasteiger partial charge in [0.2, 0.25) is 5.91 Å². The van der Waals surface area contributed by atoms with Crippen molar-refractivity contribution in [2.45, 2.75) is 31.8 Å². The van der Waals surface area contributed by atoms with Crippen molar-refractivity contribution < 1.29 is 4.79 Å². The van der Waals surface area contributed by atoms with E-state index in [2.05, 4.69) is 45.9 Å². The van der Waals surface area contributed by atoms with Gasteiger partial charge in [-0.3, -0.25) is 9.69 Å². The monoisotopic (exact) mass is 287 g/mol. The van der Waals surface area contributed by atoms with Crippen LogP contribution in [0.2, 0.25) is 0 Å². The minimum Gasteiger partial charge on any atom is -0.352 e. The molecule has 2 fully saturated rings. The first-order chi connectivity index (χ1) is 10.3. The van der Waals surface area contributed by atoms with Crippen molar-refractivity contribution in [3.05, 3.63) is 35.9 Å². The van der Waals surface area contributed by atoms with E-state index in [1.807, 2.05) is 0 Å². The van der Waals surface area contributed by atoms with Crippen LogP contribution in [-0.4, -0.2) is 43.0 Å². The predicted octanol–water partition coefficient (Wildman–Crippen LogP) is 1.38. The van der Waals surface area contributed by atoms with Crippen molar-refractivity contribution in [1.82, 2.24) is 15.5 Å². The zero-order chi connectivity index (χ0) is 14.5. The zero-order valence-electron chi connectivity index (χ0n) is 12.6. The van der Waals surface area contributed by atoms with Gasteiger partial charge in [-0.1, -0.05) is 30.3 Å². The summed E-state index contributed by atoms with van der Waals surface area (Å²) in [7, 11) is 0. The molecule has 4 nitrogen and oxygen atoms in total. The number of piperidine rings is 1. The van der Waals surface area contributed by atoms with E-state index in [0.29, 0.717) is 6.04 Å². The van der Waals surface area contributed by atoms with E-state index in [0.717, 1.165) is 52.0 Å².